The van der Waals surface area contributed by atoms with Gasteiger partial charge in [0.1, 0.15) is 6.33 Å². The summed E-state index contributed by atoms with van der Waals surface area (Å²) in [7, 11) is 0. The van der Waals surface area contributed by atoms with Gasteiger partial charge in [0.2, 0.25) is 0 Å². The molecule has 0 aliphatic heterocycles. The maximum atomic E-state index is 4.20. The minimum atomic E-state index is 0. The molecule has 0 saturated carbocycles. The molecule has 2 aromatic heterocycles. The molecule has 0 fully saturated rings. The zero-order chi connectivity index (χ0) is 9.54. The van der Waals surface area contributed by atoms with Gasteiger partial charge in [-0.3, -0.25) is 9.50 Å². The molecular formula is C11H8N3Pt-. The van der Waals surface area contributed by atoms with E-state index in [1.807, 2.05) is 18.3 Å². The van der Waals surface area contributed by atoms with E-state index in [4.69, 9.17) is 0 Å². The second kappa shape index (κ2) is 3.74. The number of hydrogen-bond donors (Lipinski definition) is 0. The van der Waals surface area contributed by atoms with Gasteiger partial charge in [0.15, 0.2) is 0 Å². The molecule has 0 unspecified atom stereocenters. The van der Waals surface area contributed by atoms with E-state index in [0.717, 1.165) is 16.4 Å². The number of fused-ring (bicyclic) bond motifs is 3. The number of aromatic nitrogens is 3. The van der Waals surface area contributed by atoms with Crippen LogP contribution in [0.25, 0.3) is 16.4 Å². The standard InChI is InChI=1S/C11H8N3.Pt/c1-8-2-3-10-9(6-8)4-5-14-11(10)12-7-13-14;/h2,4-7H,1H3;/q-1;. The Labute approximate surface area is 101 Å². The molecule has 0 saturated heterocycles. The normalized spacial score (nSPS) is 10.5. The number of pyridine rings is 1. The quantitative estimate of drug-likeness (QED) is 0.561. The third kappa shape index (κ3) is 1.57. The summed E-state index contributed by atoms with van der Waals surface area (Å²) in [5.74, 6) is 0. The first-order valence-corrected chi connectivity index (χ1v) is 4.45. The van der Waals surface area contributed by atoms with Crippen LogP contribution in [0.1, 0.15) is 5.56 Å². The van der Waals surface area contributed by atoms with Crippen LogP contribution in [0.3, 0.4) is 0 Å². The predicted molar refractivity (Wildman–Crippen MR) is 54.1 cm³/mol. The Bertz CT molecular complexity index is 615. The Morgan fingerprint density at radius 2 is 2.27 bits per heavy atom. The van der Waals surface area contributed by atoms with Gasteiger partial charge in [-0.1, -0.05) is 18.4 Å². The number of aryl methyl sites for hydroxylation is 1. The molecule has 78 valence electrons. The minimum Gasteiger partial charge on any atom is -0.264 e. The SMILES string of the molecule is Cc1c[c-]c2c(ccn3ncnc23)c1.[Pt]. The number of benzene rings is 1. The van der Waals surface area contributed by atoms with Gasteiger partial charge in [-0.2, -0.15) is 5.10 Å². The summed E-state index contributed by atoms with van der Waals surface area (Å²) in [4.78, 5) is 4.20. The van der Waals surface area contributed by atoms with Crippen LogP contribution in [0.4, 0.5) is 0 Å². The molecule has 0 aliphatic rings. The molecule has 3 nitrogen and oxygen atoms in total. The van der Waals surface area contributed by atoms with Gasteiger partial charge in [-0.15, -0.1) is 29.1 Å². The molecule has 0 amide bonds. The third-order valence-corrected chi connectivity index (χ3v) is 2.31. The van der Waals surface area contributed by atoms with Crippen LogP contribution in [0.15, 0.2) is 30.7 Å². The van der Waals surface area contributed by atoms with Crippen molar-refractivity contribution in [2.24, 2.45) is 0 Å². The molecule has 0 radical (unpaired) electrons. The van der Waals surface area contributed by atoms with Crippen molar-refractivity contribution in [3.8, 4) is 0 Å². The van der Waals surface area contributed by atoms with Crippen LogP contribution < -0.4 is 0 Å². The van der Waals surface area contributed by atoms with Crippen LogP contribution >= 0.6 is 0 Å². The fourth-order valence-electron chi connectivity index (χ4n) is 1.64. The fraction of sp³-hybridized carbons (Fsp3) is 0.0909. The van der Waals surface area contributed by atoms with E-state index < -0.39 is 0 Å². The van der Waals surface area contributed by atoms with Crippen LogP contribution in [0.2, 0.25) is 0 Å². The van der Waals surface area contributed by atoms with E-state index >= 15 is 0 Å². The van der Waals surface area contributed by atoms with Crippen LogP contribution in [0, 0.1) is 13.0 Å². The smallest absolute Gasteiger partial charge is 0.127 e. The monoisotopic (exact) mass is 377 g/mol. The van der Waals surface area contributed by atoms with Crippen LogP contribution in [-0.2, 0) is 21.1 Å². The van der Waals surface area contributed by atoms with Crippen LogP contribution in [0.5, 0.6) is 0 Å². The second-order valence-corrected chi connectivity index (χ2v) is 3.35. The van der Waals surface area contributed by atoms with Crippen molar-refractivity contribution in [1.29, 1.82) is 0 Å². The number of nitrogens with zero attached hydrogens (tertiary/aromatic N) is 3. The second-order valence-electron chi connectivity index (χ2n) is 3.35. The van der Waals surface area contributed by atoms with Gasteiger partial charge < -0.3 is 0 Å². The first kappa shape index (κ1) is 10.3. The Morgan fingerprint density at radius 3 is 3.13 bits per heavy atom. The largest absolute Gasteiger partial charge is 0.264 e. The van der Waals surface area contributed by atoms with Crippen molar-refractivity contribution >= 4 is 16.4 Å². The Morgan fingerprint density at radius 1 is 1.40 bits per heavy atom. The minimum absolute atomic E-state index is 0. The van der Waals surface area contributed by atoms with E-state index in [2.05, 4.69) is 29.1 Å². The summed E-state index contributed by atoms with van der Waals surface area (Å²) in [5.41, 5.74) is 2.07. The zero-order valence-corrected chi connectivity index (χ0v) is 10.3. The van der Waals surface area contributed by atoms with E-state index in [1.165, 1.54) is 5.56 Å². The van der Waals surface area contributed by atoms with Crippen molar-refractivity contribution < 1.29 is 21.1 Å². The number of hydrogen-bond acceptors (Lipinski definition) is 2. The van der Waals surface area contributed by atoms with E-state index in [9.17, 15) is 0 Å². The molecule has 1 aromatic carbocycles. The average molecular weight is 377 g/mol. The average Bonchev–Trinajstić information content (AvgIpc) is 2.65. The molecule has 3 aromatic rings. The summed E-state index contributed by atoms with van der Waals surface area (Å²) in [6.45, 7) is 2.06. The third-order valence-electron chi connectivity index (χ3n) is 2.31. The predicted octanol–water partition coefficient (Wildman–Crippen LogP) is 1.99. The van der Waals surface area contributed by atoms with Gasteiger partial charge in [-0.25, -0.2) is 0 Å². The molecule has 3 rings (SSSR count). The van der Waals surface area contributed by atoms with Crippen molar-refractivity contribution in [3.63, 3.8) is 0 Å². The van der Waals surface area contributed by atoms with Crippen molar-refractivity contribution in [2.75, 3.05) is 0 Å². The topological polar surface area (TPSA) is 30.2 Å². The molecule has 0 bridgehead atoms. The number of rotatable bonds is 0. The molecule has 0 atom stereocenters. The summed E-state index contributed by atoms with van der Waals surface area (Å²) in [5, 5.41) is 6.26. The molecule has 4 heteroatoms. The van der Waals surface area contributed by atoms with Crippen molar-refractivity contribution in [1.82, 2.24) is 14.6 Å². The maximum absolute atomic E-state index is 4.20. The van der Waals surface area contributed by atoms with Gasteiger partial charge in [0, 0.05) is 27.3 Å². The summed E-state index contributed by atoms with van der Waals surface area (Å²) in [6.07, 6.45) is 3.47. The van der Waals surface area contributed by atoms with Crippen molar-refractivity contribution in [3.05, 3.63) is 42.4 Å². The van der Waals surface area contributed by atoms with Gasteiger partial charge in [-0.05, 0) is 0 Å². The molecule has 0 aliphatic carbocycles. The van der Waals surface area contributed by atoms with E-state index in [1.54, 1.807) is 10.8 Å². The van der Waals surface area contributed by atoms with E-state index in [-0.39, 0.29) is 21.1 Å². The first-order valence-electron chi connectivity index (χ1n) is 4.45. The van der Waals surface area contributed by atoms with Gasteiger partial charge in [0.05, 0.1) is 5.65 Å². The fourth-order valence-corrected chi connectivity index (χ4v) is 1.64. The molecule has 2 heterocycles. The summed E-state index contributed by atoms with van der Waals surface area (Å²) in [6, 6.07) is 9.35. The molecule has 0 spiro atoms. The Balaban J connectivity index is 0.000000853. The Kier molecular flexibility index (Phi) is 2.57. The zero-order valence-electron chi connectivity index (χ0n) is 8.04. The maximum Gasteiger partial charge on any atom is 0.127 e. The molecule has 15 heavy (non-hydrogen) atoms. The summed E-state index contributed by atoms with van der Waals surface area (Å²) < 4.78 is 1.76. The van der Waals surface area contributed by atoms with Crippen molar-refractivity contribution in [2.45, 2.75) is 6.92 Å². The first-order chi connectivity index (χ1) is 6.84. The molecular weight excluding hydrogens is 369 g/mol. The van der Waals surface area contributed by atoms with E-state index in [0.29, 0.717) is 0 Å². The summed E-state index contributed by atoms with van der Waals surface area (Å²) >= 11 is 0. The van der Waals surface area contributed by atoms with Gasteiger partial charge in [0.25, 0.3) is 0 Å². The van der Waals surface area contributed by atoms with Gasteiger partial charge >= 0.3 is 0 Å². The van der Waals surface area contributed by atoms with Crippen LogP contribution in [-0.4, -0.2) is 14.6 Å². The Hall–Kier alpha value is -1.21. The molecule has 0 N–H and O–H groups in total.